The number of benzene rings is 1. The molecule has 8 nitrogen and oxygen atoms in total. The summed E-state index contributed by atoms with van der Waals surface area (Å²) in [7, 11) is 0. The zero-order valence-corrected chi connectivity index (χ0v) is 16.9. The predicted octanol–water partition coefficient (Wildman–Crippen LogP) is 0.956. The van der Waals surface area contributed by atoms with Gasteiger partial charge in [-0.15, -0.1) is 0 Å². The van der Waals surface area contributed by atoms with Gasteiger partial charge in [-0.2, -0.15) is 0 Å². The van der Waals surface area contributed by atoms with Crippen molar-refractivity contribution in [2.24, 2.45) is 0 Å². The van der Waals surface area contributed by atoms with Crippen molar-refractivity contribution in [2.45, 2.75) is 76.1 Å². The number of aliphatic hydroxyl groups excluding tert-OH is 4. The van der Waals surface area contributed by atoms with E-state index >= 15 is 0 Å². The number of rotatable bonds is 11. The number of carbonyl (C=O) groups excluding carboxylic acids is 1. The molecule has 1 heterocycles. The summed E-state index contributed by atoms with van der Waals surface area (Å²) in [6, 6.07) is 6.57. The van der Waals surface area contributed by atoms with E-state index < -0.39 is 43.2 Å². The zero-order valence-electron chi connectivity index (χ0n) is 16.9. The molecule has 8 heteroatoms. The summed E-state index contributed by atoms with van der Waals surface area (Å²) < 4.78 is 11.0. The van der Waals surface area contributed by atoms with Crippen molar-refractivity contribution in [3.05, 3.63) is 29.8 Å². The van der Waals surface area contributed by atoms with E-state index in [9.17, 15) is 25.2 Å². The summed E-state index contributed by atoms with van der Waals surface area (Å²) in [4.78, 5) is 12.4. The Hall–Kier alpha value is -1.71. The second-order valence-corrected chi connectivity index (χ2v) is 7.36. The van der Waals surface area contributed by atoms with Crippen LogP contribution in [-0.2, 0) is 4.74 Å². The van der Waals surface area contributed by atoms with E-state index in [0.29, 0.717) is 17.9 Å². The number of amides is 1. The van der Waals surface area contributed by atoms with Crippen LogP contribution in [0.3, 0.4) is 0 Å². The van der Waals surface area contributed by atoms with Crippen molar-refractivity contribution in [2.75, 3.05) is 13.2 Å². The zero-order chi connectivity index (χ0) is 21.2. The lowest BCUT2D eigenvalue weighted by atomic mass is 9.98. The Morgan fingerprint density at radius 2 is 1.66 bits per heavy atom. The average molecular weight is 411 g/mol. The third kappa shape index (κ3) is 6.94. The number of hydrogen-bond acceptors (Lipinski definition) is 7. The molecule has 0 aliphatic carbocycles. The van der Waals surface area contributed by atoms with Crippen LogP contribution in [0.25, 0.3) is 0 Å². The number of nitrogens with one attached hydrogen (secondary N) is 1. The number of hydrogen-bond donors (Lipinski definition) is 5. The quantitative estimate of drug-likeness (QED) is 0.343. The van der Waals surface area contributed by atoms with Gasteiger partial charge in [0.25, 0.3) is 5.91 Å². The van der Waals surface area contributed by atoms with E-state index in [1.807, 2.05) is 0 Å². The van der Waals surface area contributed by atoms with Crippen LogP contribution in [0.2, 0.25) is 0 Å². The van der Waals surface area contributed by atoms with Gasteiger partial charge in [0.2, 0.25) is 0 Å². The molecule has 164 valence electrons. The average Bonchev–Trinajstić information content (AvgIpc) is 2.73. The molecular formula is C21H33NO7. The highest BCUT2D eigenvalue weighted by Gasteiger charge is 2.44. The van der Waals surface area contributed by atoms with Gasteiger partial charge < -0.3 is 35.2 Å². The van der Waals surface area contributed by atoms with Gasteiger partial charge in [0.1, 0.15) is 30.2 Å². The molecule has 29 heavy (non-hydrogen) atoms. The fourth-order valence-electron chi connectivity index (χ4n) is 3.21. The van der Waals surface area contributed by atoms with Gasteiger partial charge in [-0.25, -0.2) is 0 Å². The molecule has 1 fully saturated rings. The SMILES string of the molecule is CCCCCCCCOc1ccc(C(=O)N[C@@H]2O[C@H](CO)[C@@H](O)[C@H](O)[C@H]2O)cc1. The standard InChI is InChI=1S/C21H33NO7/c1-2-3-4-5-6-7-12-28-15-10-8-14(9-11-15)20(27)22-21-19(26)18(25)17(24)16(13-23)29-21/h8-11,16-19,21,23-26H,2-7,12-13H2,1H3,(H,22,27)/t16-,17-,18+,19-,21-/m1/s1. The van der Waals surface area contributed by atoms with E-state index in [2.05, 4.69) is 12.2 Å². The minimum absolute atomic E-state index is 0.328. The predicted molar refractivity (Wildman–Crippen MR) is 107 cm³/mol. The Morgan fingerprint density at radius 3 is 2.31 bits per heavy atom. The van der Waals surface area contributed by atoms with Crippen LogP contribution in [0, 0.1) is 0 Å². The molecule has 1 aromatic carbocycles. The Labute approximate surface area is 171 Å². The van der Waals surface area contributed by atoms with Crippen molar-refractivity contribution in [1.82, 2.24) is 5.32 Å². The molecule has 1 saturated heterocycles. The first-order chi connectivity index (χ1) is 14.0. The van der Waals surface area contributed by atoms with Crippen molar-refractivity contribution < 1.29 is 34.7 Å². The monoisotopic (exact) mass is 411 g/mol. The van der Waals surface area contributed by atoms with Crippen LogP contribution in [0.4, 0.5) is 0 Å². The highest BCUT2D eigenvalue weighted by Crippen LogP contribution is 2.20. The molecule has 0 spiro atoms. The van der Waals surface area contributed by atoms with Gasteiger partial charge in [0.05, 0.1) is 13.2 Å². The Balaban J connectivity index is 1.79. The van der Waals surface area contributed by atoms with Gasteiger partial charge in [-0.05, 0) is 30.7 Å². The molecule has 1 amide bonds. The van der Waals surface area contributed by atoms with Crippen molar-refractivity contribution in [3.8, 4) is 5.75 Å². The third-order valence-corrected chi connectivity index (χ3v) is 5.05. The minimum atomic E-state index is -1.54. The first-order valence-corrected chi connectivity index (χ1v) is 10.3. The molecule has 0 saturated carbocycles. The molecule has 1 aromatic rings. The van der Waals surface area contributed by atoms with E-state index in [-0.39, 0.29) is 0 Å². The van der Waals surface area contributed by atoms with Crippen LogP contribution in [0.15, 0.2) is 24.3 Å². The lowest BCUT2D eigenvalue weighted by Gasteiger charge is -2.40. The molecule has 0 aromatic heterocycles. The van der Waals surface area contributed by atoms with Gasteiger partial charge in [0.15, 0.2) is 6.23 Å². The lowest BCUT2D eigenvalue weighted by molar-refractivity contribution is -0.233. The fourth-order valence-corrected chi connectivity index (χ4v) is 3.21. The summed E-state index contributed by atoms with van der Waals surface area (Å²) in [6.45, 7) is 2.27. The maximum absolute atomic E-state index is 12.4. The number of ether oxygens (including phenoxy) is 2. The molecule has 0 bridgehead atoms. The summed E-state index contributed by atoms with van der Waals surface area (Å²) >= 11 is 0. The largest absolute Gasteiger partial charge is 0.494 e. The second kappa shape index (κ2) is 12.1. The Kier molecular flexibility index (Phi) is 9.83. The normalized spacial score (nSPS) is 26.9. The molecule has 1 aliphatic rings. The molecule has 2 rings (SSSR count). The molecule has 0 unspecified atom stereocenters. The van der Waals surface area contributed by atoms with Crippen LogP contribution < -0.4 is 10.1 Å². The highest BCUT2D eigenvalue weighted by molar-refractivity contribution is 5.94. The van der Waals surface area contributed by atoms with Gasteiger partial charge in [-0.3, -0.25) is 4.79 Å². The number of aliphatic hydroxyl groups is 4. The summed E-state index contributed by atoms with van der Waals surface area (Å²) in [5.41, 5.74) is 0.328. The summed E-state index contributed by atoms with van der Waals surface area (Å²) in [5, 5.41) is 41.2. The Bertz CT molecular complexity index is 608. The van der Waals surface area contributed by atoms with E-state index in [1.165, 1.54) is 25.7 Å². The topological polar surface area (TPSA) is 128 Å². The molecule has 1 aliphatic heterocycles. The maximum Gasteiger partial charge on any atom is 0.253 e. The van der Waals surface area contributed by atoms with Crippen molar-refractivity contribution >= 4 is 5.91 Å². The van der Waals surface area contributed by atoms with E-state index in [4.69, 9.17) is 9.47 Å². The lowest BCUT2D eigenvalue weighted by Crippen LogP contribution is -2.63. The molecule has 5 N–H and O–H groups in total. The maximum atomic E-state index is 12.4. The van der Waals surface area contributed by atoms with Gasteiger partial charge in [-0.1, -0.05) is 39.0 Å². The van der Waals surface area contributed by atoms with Crippen LogP contribution in [-0.4, -0.2) is 70.2 Å². The first-order valence-electron chi connectivity index (χ1n) is 10.3. The summed E-state index contributed by atoms with van der Waals surface area (Å²) in [5.74, 6) is 0.153. The molecule has 5 atom stereocenters. The van der Waals surface area contributed by atoms with Gasteiger partial charge >= 0.3 is 0 Å². The number of carbonyl (C=O) groups is 1. The highest BCUT2D eigenvalue weighted by atomic mass is 16.6. The summed E-state index contributed by atoms with van der Waals surface area (Å²) in [6.07, 6.45) is 0.261. The fraction of sp³-hybridized carbons (Fsp3) is 0.667. The van der Waals surface area contributed by atoms with E-state index in [0.717, 1.165) is 12.8 Å². The minimum Gasteiger partial charge on any atom is -0.494 e. The third-order valence-electron chi connectivity index (χ3n) is 5.05. The van der Waals surface area contributed by atoms with Crippen LogP contribution in [0.1, 0.15) is 55.8 Å². The number of unbranched alkanes of at least 4 members (excludes halogenated alkanes) is 5. The Morgan fingerprint density at radius 1 is 1.00 bits per heavy atom. The van der Waals surface area contributed by atoms with Crippen LogP contribution >= 0.6 is 0 Å². The first kappa shape index (κ1) is 23.6. The second-order valence-electron chi connectivity index (χ2n) is 7.36. The van der Waals surface area contributed by atoms with E-state index in [1.54, 1.807) is 24.3 Å². The van der Waals surface area contributed by atoms with Crippen LogP contribution in [0.5, 0.6) is 5.75 Å². The van der Waals surface area contributed by atoms with Crippen molar-refractivity contribution in [3.63, 3.8) is 0 Å². The van der Waals surface area contributed by atoms with Crippen molar-refractivity contribution in [1.29, 1.82) is 0 Å². The van der Waals surface area contributed by atoms with Gasteiger partial charge in [0, 0.05) is 5.56 Å². The smallest absolute Gasteiger partial charge is 0.253 e. The molecular weight excluding hydrogens is 378 g/mol. The molecule has 0 radical (unpaired) electrons.